The van der Waals surface area contributed by atoms with E-state index in [0.717, 1.165) is 18.4 Å². The van der Waals surface area contributed by atoms with Gasteiger partial charge in [0.2, 0.25) is 0 Å². The van der Waals surface area contributed by atoms with Crippen LogP contribution in [0, 0.1) is 0 Å². The van der Waals surface area contributed by atoms with Crippen molar-refractivity contribution in [2.45, 2.75) is 142 Å². The Hall–Kier alpha value is -1.77. The van der Waals surface area contributed by atoms with Gasteiger partial charge >= 0.3 is 5.97 Å². The fourth-order valence-corrected chi connectivity index (χ4v) is 4.50. The summed E-state index contributed by atoms with van der Waals surface area (Å²) in [6, 6.07) is 6.73. The van der Waals surface area contributed by atoms with E-state index >= 15 is 0 Å². The van der Waals surface area contributed by atoms with Gasteiger partial charge in [0.1, 0.15) is 5.75 Å². The number of carbonyl (C=O) groups is 1. The van der Waals surface area contributed by atoms with E-state index in [0.29, 0.717) is 6.61 Å². The lowest BCUT2D eigenvalue weighted by atomic mass is 10.0. The highest BCUT2D eigenvalue weighted by Gasteiger charge is 1.99. The number of esters is 1. The molecule has 0 spiro atoms. The molecule has 0 saturated heterocycles. The molecule has 0 aliphatic carbocycles. The van der Waals surface area contributed by atoms with Crippen molar-refractivity contribution in [3.63, 3.8) is 0 Å². The second-order valence-corrected chi connectivity index (χ2v) is 10.2. The monoisotopic (exact) mass is 486 g/mol. The summed E-state index contributed by atoms with van der Waals surface area (Å²) in [4.78, 5) is 11.7. The van der Waals surface area contributed by atoms with E-state index in [1.54, 1.807) is 30.3 Å². The molecule has 0 aliphatic rings. The van der Waals surface area contributed by atoms with Crippen LogP contribution in [0.4, 0.5) is 0 Å². The van der Waals surface area contributed by atoms with Gasteiger partial charge in [0.15, 0.2) is 0 Å². The number of carbonyl (C=O) groups excluding carboxylic acids is 1. The second-order valence-electron chi connectivity index (χ2n) is 10.2. The molecule has 0 radical (unpaired) electrons. The van der Waals surface area contributed by atoms with E-state index in [1.165, 1.54) is 128 Å². The largest absolute Gasteiger partial charge is 0.508 e. The number of hydrogen-bond donors (Lipinski definition) is 1. The number of aromatic hydroxyl groups is 1. The van der Waals surface area contributed by atoms with Crippen molar-refractivity contribution in [2.75, 3.05) is 6.61 Å². The molecule has 0 unspecified atom stereocenters. The van der Waals surface area contributed by atoms with E-state index < -0.39 is 0 Å². The summed E-state index contributed by atoms with van der Waals surface area (Å²) in [5.74, 6) is -0.0780. The van der Waals surface area contributed by atoms with Crippen LogP contribution in [-0.2, 0) is 9.53 Å². The Morgan fingerprint density at radius 1 is 0.629 bits per heavy atom. The molecule has 0 amide bonds. The van der Waals surface area contributed by atoms with Crippen LogP contribution in [0.3, 0.4) is 0 Å². The lowest BCUT2D eigenvalue weighted by molar-refractivity contribution is -0.137. The van der Waals surface area contributed by atoms with Gasteiger partial charge in [0, 0.05) is 6.08 Å². The molecule has 3 heteroatoms. The maximum atomic E-state index is 11.7. The Kier molecular flexibility index (Phi) is 21.4. The minimum atomic E-state index is -0.300. The summed E-state index contributed by atoms with van der Waals surface area (Å²) in [6.45, 7) is 2.79. The maximum absolute atomic E-state index is 11.7. The SMILES string of the molecule is CCCCCCCCCCCCCCCCCCCCCCCOC(=O)/C=C/c1ccc(O)cc1. The van der Waals surface area contributed by atoms with Crippen LogP contribution in [0.1, 0.15) is 147 Å². The summed E-state index contributed by atoms with van der Waals surface area (Å²) in [5, 5.41) is 9.26. The highest BCUT2D eigenvalue weighted by atomic mass is 16.5. The Bertz CT molecular complexity index is 620. The van der Waals surface area contributed by atoms with Gasteiger partial charge in [-0.3, -0.25) is 0 Å². The third-order valence-corrected chi connectivity index (χ3v) is 6.80. The molecule has 0 heterocycles. The van der Waals surface area contributed by atoms with Crippen molar-refractivity contribution < 1.29 is 14.6 Å². The normalized spacial score (nSPS) is 11.3. The molecule has 200 valence electrons. The molecule has 0 aliphatic heterocycles. The molecule has 1 aromatic rings. The Morgan fingerprint density at radius 2 is 1.00 bits per heavy atom. The molecule has 0 bridgehead atoms. The van der Waals surface area contributed by atoms with Gasteiger partial charge in [-0.2, -0.15) is 0 Å². The van der Waals surface area contributed by atoms with Gasteiger partial charge in [0.25, 0.3) is 0 Å². The van der Waals surface area contributed by atoms with Crippen molar-refractivity contribution in [3.05, 3.63) is 35.9 Å². The minimum Gasteiger partial charge on any atom is -0.508 e. The van der Waals surface area contributed by atoms with Crippen molar-refractivity contribution >= 4 is 12.0 Å². The molecule has 0 fully saturated rings. The number of phenolic OH excluding ortho intramolecular Hbond substituents is 1. The van der Waals surface area contributed by atoms with E-state index in [-0.39, 0.29) is 11.7 Å². The zero-order valence-electron chi connectivity index (χ0n) is 22.8. The standard InChI is InChI=1S/C32H54O3/c1-2-3-4-5-6-7-8-9-10-11-12-13-14-15-16-17-18-19-20-21-22-29-35-32(34)28-25-30-23-26-31(33)27-24-30/h23-28,33H,2-22,29H2,1H3/b28-25+. The fourth-order valence-electron chi connectivity index (χ4n) is 4.50. The molecular formula is C32H54O3. The molecule has 35 heavy (non-hydrogen) atoms. The van der Waals surface area contributed by atoms with E-state index in [1.807, 2.05) is 0 Å². The third kappa shape index (κ3) is 21.2. The van der Waals surface area contributed by atoms with Gasteiger partial charge in [-0.1, -0.05) is 147 Å². The molecular weight excluding hydrogens is 432 g/mol. The number of benzene rings is 1. The summed E-state index contributed by atoms with van der Waals surface area (Å²) in [5.41, 5.74) is 0.869. The van der Waals surface area contributed by atoms with Crippen LogP contribution in [0.2, 0.25) is 0 Å². The Balaban J connectivity index is 1.74. The lowest BCUT2D eigenvalue weighted by Gasteiger charge is -2.04. The number of ether oxygens (including phenoxy) is 1. The van der Waals surface area contributed by atoms with Gasteiger partial charge < -0.3 is 9.84 Å². The van der Waals surface area contributed by atoms with Crippen LogP contribution in [0.5, 0.6) is 5.75 Å². The number of phenols is 1. The van der Waals surface area contributed by atoms with Crippen molar-refractivity contribution in [1.29, 1.82) is 0 Å². The average Bonchev–Trinajstić information content (AvgIpc) is 2.86. The van der Waals surface area contributed by atoms with Crippen molar-refractivity contribution in [2.24, 2.45) is 0 Å². The fraction of sp³-hybridized carbons (Fsp3) is 0.719. The second kappa shape index (κ2) is 23.9. The quantitative estimate of drug-likeness (QED) is 0.0898. The molecule has 1 rings (SSSR count). The zero-order chi connectivity index (χ0) is 25.2. The Labute approximate surface area is 216 Å². The average molecular weight is 487 g/mol. The highest BCUT2D eigenvalue weighted by molar-refractivity contribution is 5.87. The van der Waals surface area contributed by atoms with E-state index in [9.17, 15) is 9.90 Å². The topological polar surface area (TPSA) is 46.5 Å². The number of rotatable bonds is 24. The van der Waals surface area contributed by atoms with Gasteiger partial charge in [-0.05, 0) is 30.2 Å². The summed E-state index contributed by atoms with van der Waals surface area (Å²) in [6.07, 6.45) is 31.9. The highest BCUT2D eigenvalue weighted by Crippen LogP contribution is 2.15. The molecule has 3 nitrogen and oxygen atoms in total. The molecule has 1 N–H and O–H groups in total. The van der Waals surface area contributed by atoms with E-state index in [2.05, 4.69) is 6.92 Å². The maximum Gasteiger partial charge on any atom is 0.330 e. The molecule has 0 saturated carbocycles. The number of unbranched alkanes of at least 4 members (excludes halogenated alkanes) is 20. The zero-order valence-corrected chi connectivity index (χ0v) is 22.8. The summed E-state index contributed by atoms with van der Waals surface area (Å²) < 4.78 is 5.25. The van der Waals surface area contributed by atoms with E-state index in [4.69, 9.17) is 4.74 Å². The summed E-state index contributed by atoms with van der Waals surface area (Å²) >= 11 is 0. The van der Waals surface area contributed by atoms with Crippen LogP contribution >= 0.6 is 0 Å². The molecule has 1 aromatic carbocycles. The van der Waals surface area contributed by atoms with Crippen LogP contribution in [0.25, 0.3) is 6.08 Å². The van der Waals surface area contributed by atoms with Gasteiger partial charge in [-0.25, -0.2) is 4.79 Å². The predicted molar refractivity (Wildman–Crippen MR) is 151 cm³/mol. The predicted octanol–water partition coefficient (Wildman–Crippen LogP) is 10.2. The van der Waals surface area contributed by atoms with Crippen LogP contribution in [0.15, 0.2) is 30.3 Å². The summed E-state index contributed by atoms with van der Waals surface area (Å²) in [7, 11) is 0. The minimum absolute atomic E-state index is 0.222. The molecule has 0 aromatic heterocycles. The van der Waals surface area contributed by atoms with Crippen molar-refractivity contribution in [3.8, 4) is 5.75 Å². The first kappa shape index (κ1) is 31.3. The first-order chi connectivity index (χ1) is 17.2. The van der Waals surface area contributed by atoms with Gasteiger partial charge in [-0.15, -0.1) is 0 Å². The number of hydrogen-bond acceptors (Lipinski definition) is 3. The lowest BCUT2D eigenvalue weighted by Crippen LogP contribution is -2.02. The smallest absolute Gasteiger partial charge is 0.330 e. The van der Waals surface area contributed by atoms with Crippen LogP contribution in [-0.4, -0.2) is 17.7 Å². The molecule has 0 atom stereocenters. The Morgan fingerprint density at radius 3 is 1.40 bits per heavy atom. The van der Waals surface area contributed by atoms with Gasteiger partial charge in [0.05, 0.1) is 6.61 Å². The van der Waals surface area contributed by atoms with Crippen molar-refractivity contribution in [1.82, 2.24) is 0 Å². The van der Waals surface area contributed by atoms with Crippen LogP contribution < -0.4 is 0 Å². The first-order valence-electron chi connectivity index (χ1n) is 14.9. The third-order valence-electron chi connectivity index (χ3n) is 6.80. The first-order valence-corrected chi connectivity index (χ1v) is 14.9.